The summed E-state index contributed by atoms with van der Waals surface area (Å²) in [6.07, 6.45) is 0.314. The van der Waals surface area contributed by atoms with Gasteiger partial charge < -0.3 is 19.3 Å². The first kappa shape index (κ1) is 24.2. The molecule has 2 saturated heterocycles. The van der Waals surface area contributed by atoms with E-state index in [1.54, 1.807) is 14.2 Å². The number of piperidine rings is 1. The molecule has 0 aliphatic carbocycles. The van der Waals surface area contributed by atoms with Gasteiger partial charge in [-0.1, -0.05) is 31.2 Å². The molecule has 2 aliphatic rings. The highest BCUT2D eigenvalue weighted by atomic mass is 16.5. The van der Waals surface area contributed by atoms with E-state index in [4.69, 9.17) is 9.47 Å². The molecule has 0 radical (unpaired) electrons. The fraction of sp³-hybridized carbons (Fsp3) is 0.481. The predicted molar refractivity (Wildman–Crippen MR) is 131 cm³/mol. The average Bonchev–Trinajstić information content (AvgIpc) is 2.86. The van der Waals surface area contributed by atoms with Crippen LogP contribution in [0.5, 0.6) is 11.5 Å². The van der Waals surface area contributed by atoms with Gasteiger partial charge in [0.2, 0.25) is 5.91 Å². The zero-order valence-electron chi connectivity index (χ0n) is 20.6. The fourth-order valence-electron chi connectivity index (χ4n) is 5.05. The third-order valence-corrected chi connectivity index (χ3v) is 7.21. The Balaban J connectivity index is 1.70. The molecule has 0 bridgehead atoms. The minimum Gasteiger partial charge on any atom is -0.497 e. The summed E-state index contributed by atoms with van der Waals surface area (Å²) >= 11 is 0. The molecule has 1 amide bonds. The van der Waals surface area contributed by atoms with Crippen molar-refractivity contribution in [2.24, 2.45) is 5.92 Å². The van der Waals surface area contributed by atoms with Gasteiger partial charge in [0.25, 0.3) is 0 Å². The summed E-state index contributed by atoms with van der Waals surface area (Å²) < 4.78 is 10.7. The second-order valence-electron chi connectivity index (χ2n) is 9.35. The van der Waals surface area contributed by atoms with Gasteiger partial charge >= 0.3 is 0 Å². The largest absolute Gasteiger partial charge is 0.497 e. The van der Waals surface area contributed by atoms with Crippen LogP contribution in [0.2, 0.25) is 0 Å². The van der Waals surface area contributed by atoms with Crippen molar-refractivity contribution in [3.8, 4) is 11.5 Å². The summed E-state index contributed by atoms with van der Waals surface area (Å²) in [4.78, 5) is 33.6. The lowest BCUT2D eigenvalue weighted by molar-refractivity contribution is -0.147. The second-order valence-corrected chi connectivity index (χ2v) is 9.35. The standard InChI is InChI=1S/C27H35N3O4/c1-19-25(31)17-24(20-5-9-22(33-3)10-6-20)30(26(32)18-29-15-13-28(2)14-16-29)27(19)21-7-11-23(34-4)12-8-21/h5-12,19,24,27H,13-18H2,1-4H3. The Bertz CT molecular complexity index is 984. The van der Waals surface area contributed by atoms with E-state index in [2.05, 4.69) is 16.8 Å². The van der Waals surface area contributed by atoms with Crippen LogP contribution in [-0.4, -0.2) is 80.4 Å². The number of methoxy groups -OCH3 is 2. The number of rotatable bonds is 6. The van der Waals surface area contributed by atoms with E-state index in [1.807, 2.05) is 60.4 Å². The molecule has 34 heavy (non-hydrogen) atoms. The number of carbonyl (C=O) groups is 2. The maximum Gasteiger partial charge on any atom is 0.237 e. The van der Waals surface area contributed by atoms with Crippen LogP contribution in [0.3, 0.4) is 0 Å². The number of hydrogen-bond donors (Lipinski definition) is 0. The number of benzene rings is 2. The van der Waals surface area contributed by atoms with Gasteiger partial charge in [-0.2, -0.15) is 0 Å². The Morgan fingerprint density at radius 1 is 0.882 bits per heavy atom. The van der Waals surface area contributed by atoms with E-state index >= 15 is 0 Å². The number of piperazine rings is 1. The third kappa shape index (κ3) is 5.10. The summed E-state index contributed by atoms with van der Waals surface area (Å²) in [5.74, 6) is 1.44. The first-order valence-electron chi connectivity index (χ1n) is 11.9. The van der Waals surface area contributed by atoms with Crippen LogP contribution in [0.15, 0.2) is 48.5 Å². The van der Waals surface area contributed by atoms with Crippen molar-refractivity contribution in [1.29, 1.82) is 0 Å². The van der Waals surface area contributed by atoms with Crippen LogP contribution in [0.1, 0.15) is 36.6 Å². The minimum absolute atomic E-state index is 0.0607. The maximum absolute atomic E-state index is 13.9. The molecule has 0 spiro atoms. The van der Waals surface area contributed by atoms with Crippen molar-refractivity contribution in [2.75, 3.05) is 54.0 Å². The van der Waals surface area contributed by atoms with Crippen molar-refractivity contribution in [2.45, 2.75) is 25.4 Å². The van der Waals surface area contributed by atoms with Crippen molar-refractivity contribution in [3.63, 3.8) is 0 Å². The van der Waals surface area contributed by atoms with E-state index < -0.39 is 0 Å². The lowest BCUT2D eigenvalue weighted by Gasteiger charge is -2.46. The molecule has 2 aromatic rings. The van der Waals surface area contributed by atoms with Gasteiger partial charge in [-0.15, -0.1) is 0 Å². The smallest absolute Gasteiger partial charge is 0.237 e. The van der Waals surface area contributed by atoms with Crippen LogP contribution in [0.25, 0.3) is 0 Å². The first-order chi connectivity index (χ1) is 16.4. The van der Waals surface area contributed by atoms with Gasteiger partial charge in [0.05, 0.1) is 32.8 Å². The van der Waals surface area contributed by atoms with Crippen LogP contribution in [0.4, 0.5) is 0 Å². The fourth-order valence-corrected chi connectivity index (χ4v) is 5.05. The van der Waals surface area contributed by atoms with Gasteiger partial charge in [0.1, 0.15) is 17.3 Å². The average molecular weight is 466 g/mol. The van der Waals surface area contributed by atoms with Crippen LogP contribution < -0.4 is 9.47 Å². The van der Waals surface area contributed by atoms with Gasteiger partial charge in [-0.3, -0.25) is 14.5 Å². The summed E-state index contributed by atoms with van der Waals surface area (Å²) in [7, 11) is 5.37. The summed E-state index contributed by atoms with van der Waals surface area (Å²) in [5, 5.41) is 0. The quantitative estimate of drug-likeness (QED) is 0.653. The molecular weight excluding hydrogens is 430 g/mol. The highest BCUT2D eigenvalue weighted by Crippen LogP contribution is 2.44. The van der Waals surface area contributed by atoms with Crippen molar-refractivity contribution >= 4 is 11.7 Å². The highest BCUT2D eigenvalue weighted by molar-refractivity contribution is 5.88. The number of likely N-dealkylation sites (tertiary alicyclic amines) is 1. The van der Waals surface area contributed by atoms with Crippen LogP contribution >= 0.6 is 0 Å². The number of likely N-dealkylation sites (N-methyl/N-ethyl adjacent to an activating group) is 1. The van der Waals surface area contributed by atoms with E-state index in [0.717, 1.165) is 48.8 Å². The number of nitrogens with zero attached hydrogens (tertiary/aromatic N) is 3. The lowest BCUT2D eigenvalue weighted by atomic mass is 9.79. The molecule has 0 saturated carbocycles. The Hall–Kier alpha value is -2.90. The number of ketones is 1. The summed E-state index contributed by atoms with van der Waals surface area (Å²) in [5.41, 5.74) is 1.90. The van der Waals surface area contributed by atoms with E-state index in [9.17, 15) is 9.59 Å². The zero-order valence-corrected chi connectivity index (χ0v) is 20.6. The van der Waals surface area contributed by atoms with E-state index in [0.29, 0.717) is 13.0 Å². The third-order valence-electron chi connectivity index (χ3n) is 7.21. The van der Waals surface area contributed by atoms with Crippen molar-refractivity contribution in [3.05, 3.63) is 59.7 Å². The summed E-state index contributed by atoms with van der Waals surface area (Å²) in [6, 6.07) is 14.8. The highest BCUT2D eigenvalue weighted by Gasteiger charge is 2.44. The minimum atomic E-state index is -0.334. The van der Waals surface area contributed by atoms with Crippen LogP contribution in [-0.2, 0) is 9.59 Å². The number of amides is 1. The Morgan fingerprint density at radius 2 is 1.41 bits per heavy atom. The van der Waals surface area contributed by atoms with Gasteiger partial charge in [0, 0.05) is 38.5 Å². The first-order valence-corrected chi connectivity index (χ1v) is 11.9. The normalized spacial score (nSPS) is 24.2. The Kier molecular flexibility index (Phi) is 7.54. The van der Waals surface area contributed by atoms with E-state index in [-0.39, 0.29) is 29.7 Å². The molecule has 4 rings (SSSR count). The molecule has 2 heterocycles. The molecule has 0 N–H and O–H groups in total. The van der Waals surface area contributed by atoms with Crippen molar-refractivity contribution < 1.29 is 19.1 Å². The molecule has 2 aromatic carbocycles. The predicted octanol–water partition coefficient (Wildman–Crippen LogP) is 3.17. The Morgan fingerprint density at radius 3 is 1.94 bits per heavy atom. The molecular formula is C27H35N3O4. The van der Waals surface area contributed by atoms with Crippen molar-refractivity contribution in [1.82, 2.24) is 14.7 Å². The SMILES string of the molecule is COc1ccc(C2CC(=O)C(C)C(c3ccc(OC)cc3)N2C(=O)CN2CCN(C)CC2)cc1. The molecule has 3 unspecified atom stereocenters. The van der Waals surface area contributed by atoms with Gasteiger partial charge in [-0.25, -0.2) is 0 Å². The number of hydrogen-bond acceptors (Lipinski definition) is 6. The number of ether oxygens (including phenoxy) is 2. The molecule has 0 aromatic heterocycles. The molecule has 182 valence electrons. The number of carbonyl (C=O) groups excluding carboxylic acids is 2. The zero-order chi connectivity index (χ0) is 24.2. The number of Topliss-reactive ketones (excluding diaryl/α,β-unsaturated/α-hetero) is 1. The molecule has 2 fully saturated rings. The van der Waals surface area contributed by atoms with Gasteiger partial charge in [-0.05, 0) is 42.4 Å². The molecule has 7 heteroatoms. The monoisotopic (exact) mass is 465 g/mol. The molecule has 7 nitrogen and oxygen atoms in total. The molecule has 2 aliphatic heterocycles. The topological polar surface area (TPSA) is 62.3 Å². The van der Waals surface area contributed by atoms with Gasteiger partial charge in [0.15, 0.2) is 0 Å². The molecule has 3 atom stereocenters. The lowest BCUT2D eigenvalue weighted by Crippen LogP contribution is -2.53. The summed E-state index contributed by atoms with van der Waals surface area (Å²) in [6.45, 7) is 5.93. The second kappa shape index (κ2) is 10.6. The van der Waals surface area contributed by atoms with Crippen LogP contribution in [0, 0.1) is 5.92 Å². The maximum atomic E-state index is 13.9. The van der Waals surface area contributed by atoms with E-state index in [1.165, 1.54) is 0 Å². The Labute approximate surface area is 202 Å².